The maximum atomic E-state index is 11.8. The van der Waals surface area contributed by atoms with Crippen LogP contribution in [-0.2, 0) is 14.4 Å². The summed E-state index contributed by atoms with van der Waals surface area (Å²) in [5.74, 6) is -2.30. The summed E-state index contributed by atoms with van der Waals surface area (Å²) in [6.45, 7) is 4.67. The van der Waals surface area contributed by atoms with Crippen LogP contribution in [0.5, 0.6) is 0 Å². The first-order valence-electron chi connectivity index (χ1n) is 8.60. The van der Waals surface area contributed by atoms with Gasteiger partial charge in [-0.05, 0) is 19.3 Å². The maximum absolute atomic E-state index is 11.8. The van der Waals surface area contributed by atoms with Crippen molar-refractivity contribution in [3.05, 3.63) is 12.7 Å². The van der Waals surface area contributed by atoms with Gasteiger partial charge in [-0.25, -0.2) is 0 Å². The fourth-order valence-electron chi connectivity index (χ4n) is 2.64. The third-order valence-electron chi connectivity index (χ3n) is 4.14. The Morgan fingerprint density at radius 3 is 2.23 bits per heavy atom. The molecule has 1 atom stereocenters. The molecule has 0 saturated heterocycles. The molecule has 1 unspecified atom stereocenters. The monoisotopic (exact) mass is 397 g/mol. The molecular weight excluding hydrogens is 367 g/mol. The number of carboxylic acid groups (broad SMARTS) is 2. The number of quaternary nitrogens is 1. The van der Waals surface area contributed by atoms with E-state index in [4.69, 9.17) is 5.11 Å². The molecule has 0 aliphatic rings. The molecule has 0 aliphatic heterocycles. The van der Waals surface area contributed by atoms with Crippen LogP contribution in [0.3, 0.4) is 0 Å². The van der Waals surface area contributed by atoms with Crippen molar-refractivity contribution >= 4 is 17.8 Å². The van der Waals surface area contributed by atoms with Gasteiger partial charge in [0, 0.05) is 18.8 Å². The number of carbonyl (C=O) groups excluding carboxylic acids is 2. The van der Waals surface area contributed by atoms with Crippen molar-refractivity contribution in [1.29, 1.82) is 0 Å². The van der Waals surface area contributed by atoms with E-state index in [1.807, 2.05) is 0 Å². The summed E-state index contributed by atoms with van der Waals surface area (Å²) in [6, 6.07) is 0. The molecule has 9 heteroatoms. The van der Waals surface area contributed by atoms with E-state index in [1.165, 1.54) is 0 Å². The molecule has 8 nitrogen and oxygen atoms in total. The van der Waals surface area contributed by atoms with E-state index in [2.05, 4.69) is 11.9 Å². The number of hydrogen-bond donors (Lipinski definition) is 3. The number of nitrogens with one attached hydrogen (secondary N) is 1. The van der Waals surface area contributed by atoms with Gasteiger partial charge in [-0.3, -0.25) is 9.59 Å². The quantitative estimate of drug-likeness (QED) is 0.106. The number of amides is 1. The minimum absolute atomic E-state index is 0. The van der Waals surface area contributed by atoms with Gasteiger partial charge in [0.05, 0.1) is 39.2 Å². The van der Waals surface area contributed by atoms with E-state index in [9.17, 15) is 24.6 Å². The molecule has 0 radical (unpaired) electrons. The SMILES string of the molecule is C=CCCCCC(=O)NCC[N+](CCO)(CCC(=O)[O-])CCC(=O)O.[K+]. The number of allylic oxidation sites excluding steroid dienone is 1. The van der Waals surface area contributed by atoms with Gasteiger partial charge in [-0.1, -0.05) is 6.08 Å². The zero-order chi connectivity index (χ0) is 19.1. The van der Waals surface area contributed by atoms with E-state index in [-0.39, 0.29) is 101 Å². The Balaban J connectivity index is 0. The number of carboxylic acids is 2. The Morgan fingerprint density at radius 2 is 1.69 bits per heavy atom. The first kappa shape index (κ1) is 27.9. The molecule has 0 spiro atoms. The van der Waals surface area contributed by atoms with Crippen molar-refractivity contribution in [2.24, 2.45) is 0 Å². The summed E-state index contributed by atoms with van der Waals surface area (Å²) in [5, 5.41) is 31.7. The number of aliphatic hydroxyl groups excluding tert-OH is 1. The van der Waals surface area contributed by atoms with Gasteiger partial charge in [0.2, 0.25) is 5.91 Å². The van der Waals surface area contributed by atoms with Crippen molar-refractivity contribution < 1.29 is 85.6 Å². The molecule has 0 bridgehead atoms. The Bertz CT molecular complexity index is 427. The Hall–Kier alpha value is -0.294. The van der Waals surface area contributed by atoms with Crippen LogP contribution in [0.15, 0.2) is 12.7 Å². The zero-order valence-corrected chi connectivity index (χ0v) is 18.9. The van der Waals surface area contributed by atoms with Crippen LogP contribution in [0.1, 0.15) is 38.5 Å². The number of carbonyl (C=O) groups is 3. The van der Waals surface area contributed by atoms with Crippen LogP contribution in [0.25, 0.3) is 0 Å². The molecule has 26 heavy (non-hydrogen) atoms. The number of rotatable bonds is 16. The predicted molar refractivity (Wildman–Crippen MR) is 90.4 cm³/mol. The van der Waals surface area contributed by atoms with Gasteiger partial charge in [-0.2, -0.15) is 0 Å². The average molecular weight is 398 g/mol. The molecule has 0 aromatic rings. The Labute approximate surface area is 197 Å². The molecule has 0 saturated carbocycles. The smallest absolute Gasteiger partial charge is 0.550 e. The minimum atomic E-state index is -1.22. The summed E-state index contributed by atoms with van der Waals surface area (Å²) < 4.78 is 0.119. The number of nitrogens with zero attached hydrogens (tertiary/aromatic N) is 1. The standard InChI is InChI=1S/C17H30N2O6.K/c1-2-3-4-5-6-15(21)18-9-12-19(13-14-20,10-7-16(22)23)11-8-17(24)25;/h2,20H,1,3-14H2,(H2-,18,21,22,23,24,25);/q;+1. The zero-order valence-electron chi connectivity index (χ0n) is 15.7. The fraction of sp³-hybridized carbons (Fsp3) is 0.706. The predicted octanol–water partition coefficient (Wildman–Crippen LogP) is -3.72. The van der Waals surface area contributed by atoms with Crippen LogP contribution in [0.4, 0.5) is 0 Å². The van der Waals surface area contributed by atoms with Crippen molar-refractivity contribution in [3.8, 4) is 0 Å². The summed E-state index contributed by atoms with van der Waals surface area (Å²) in [4.78, 5) is 33.4. The van der Waals surface area contributed by atoms with Crippen molar-refractivity contribution in [2.75, 3.05) is 39.3 Å². The van der Waals surface area contributed by atoms with Gasteiger partial charge in [0.15, 0.2) is 0 Å². The maximum Gasteiger partial charge on any atom is 1.00 e. The second kappa shape index (κ2) is 16.8. The van der Waals surface area contributed by atoms with Gasteiger partial charge < -0.3 is 29.9 Å². The molecule has 0 heterocycles. The van der Waals surface area contributed by atoms with E-state index in [0.29, 0.717) is 19.5 Å². The van der Waals surface area contributed by atoms with Crippen molar-refractivity contribution in [1.82, 2.24) is 5.32 Å². The van der Waals surface area contributed by atoms with Gasteiger partial charge >= 0.3 is 57.4 Å². The first-order chi connectivity index (χ1) is 11.8. The third-order valence-corrected chi connectivity index (χ3v) is 4.14. The molecule has 144 valence electrons. The minimum Gasteiger partial charge on any atom is -0.550 e. The molecule has 3 N–H and O–H groups in total. The summed E-state index contributed by atoms with van der Waals surface area (Å²) >= 11 is 0. The Kier molecular flexibility index (Phi) is 18.1. The molecule has 0 aliphatic carbocycles. The van der Waals surface area contributed by atoms with Gasteiger partial charge in [0.25, 0.3) is 0 Å². The van der Waals surface area contributed by atoms with Crippen LogP contribution >= 0.6 is 0 Å². The molecule has 0 rings (SSSR count). The molecule has 0 aromatic carbocycles. The third kappa shape index (κ3) is 14.8. The summed E-state index contributed by atoms with van der Waals surface area (Å²) in [6.07, 6.45) is 4.37. The summed E-state index contributed by atoms with van der Waals surface area (Å²) in [7, 11) is 0. The molecule has 1 amide bonds. The largest absolute Gasteiger partial charge is 1.00 e. The van der Waals surface area contributed by atoms with Gasteiger partial charge in [-0.15, -0.1) is 6.58 Å². The second-order valence-corrected chi connectivity index (χ2v) is 6.11. The molecule has 0 aromatic heterocycles. The van der Waals surface area contributed by atoms with Crippen LogP contribution in [-0.4, -0.2) is 71.9 Å². The van der Waals surface area contributed by atoms with Crippen LogP contribution in [0.2, 0.25) is 0 Å². The van der Waals surface area contributed by atoms with E-state index in [1.54, 1.807) is 6.08 Å². The molecular formula is C17H30KN2O6+. The first-order valence-corrected chi connectivity index (χ1v) is 8.60. The second-order valence-electron chi connectivity index (χ2n) is 6.11. The Morgan fingerprint density at radius 1 is 1.04 bits per heavy atom. The number of unbranched alkanes of at least 4 members (excludes halogenated alkanes) is 2. The van der Waals surface area contributed by atoms with E-state index < -0.39 is 11.9 Å². The van der Waals surface area contributed by atoms with Crippen molar-refractivity contribution in [3.63, 3.8) is 0 Å². The fourth-order valence-corrected chi connectivity index (χ4v) is 2.64. The summed E-state index contributed by atoms with van der Waals surface area (Å²) in [5.41, 5.74) is 0. The van der Waals surface area contributed by atoms with Crippen LogP contribution in [0, 0.1) is 0 Å². The van der Waals surface area contributed by atoms with Gasteiger partial charge in [0.1, 0.15) is 6.54 Å². The van der Waals surface area contributed by atoms with Crippen molar-refractivity contribution in [2.45, 2.75) is 38.5 Å². The average Bonchev–Trinajstić information content (AvgIpc) is 2.55. The van der Waals surface area contributed by atoms with E-state index >= 15 is 0 Å². The molecule has 0 fully saturated rings. The van der Waals surface area contributed by atoms with E-state index in [0.717, 1.165) is 19.3 Å². The number of hydrogen-bond acceptors (Lipinski definition) is 5. The topological polar surface area (TPSA) is 127 Å². The number of aliphatic hydroxyl groups is 1. The van der Waals surface area contributed by atoms with Crippen LogP contribution < -0.4 is 61.8 Å². The number of aliphatic carboxylic acids is 2. The normalized spacial score (nSPS) is 12.5.